The molecule has 104 valence electrons. The van der Waals surface area contributed by atoms with Crippen molar-refractivity contribution >= 4 is 21.5 Å². The minimum Gasteiger partial charge on any atom is -0.298 e. The highest BCUT2D eigenvalue weighted by molar-refractivity contribution is 7.89. The van der Waals surface area contributed by atoms with Crippen LogP contribution in [0.4, 0.5) is 10.1 Å². The van der Waals surface area contributed by atoms with Crippen molar-refractivity contribution in [3.63, 3.8) is 0 Å². The Hall–Kier alpha value is -1.87. The number of nitro benzene ring substituents is 1. The molecule has 0 aliphatic heterocycles. The number of nitro groups is 1. The molecule has 0 bridgehead atoms. The summed E-state index contributed by atoms with van der Waals surface area (Å²) in [7, 11) is -4.28. The van der Waals surface area contributed by atoms with Crippen LogP contribution in [0.2, 0.25) is 0 Å². The second-order valence-electron chi connectivity index (χ2n) is 3.82. The van der Waals surface area contributed by atoms with E-state index in [-0.39, 0.29) is 0 Å². The summed E-state index contributed by atoms with van der Waals surface area (Å²) in [6.45, 7) is 2.47. The average molecular weight is 290 g/mol. The molecule has 7 nitrogen and oxygen atoms in total. The number of carbonyl (C=O) groups is 1. The number of rotatable bonds is 5. The topological polar surface area (TPSA) is 106 Å². The summed E-state index contributed by atoms with van der Waals surface area (Å²) in [6.07, 6.45) is 0. The first-order chi connectivity index (χ1) is 8.65. The van der Waals surface area contributed by atoms with E-state index < -0.39 is 43.2 Å². The molecule has 1 aromatic rings. The van der Waals surface area contributed by atoms with Gasteiger partial charge in [-0.25, -0.2) is 17.5 Å². The van der Waals surface area contributed by atoms with Crippen LogP contribution in [-0.2, 0) is 14.8 Å². The molecule has 0 fully saturated rings. The third-order valence-corrected chi connectivity index (χ3v) is 3.94. The largest absolute Gasteiger partial charge is 0.298 e. The fourth-order valence-electron chi connectivity index (χ4n) is 1.24. The van der Waals surface area contributed by atoms with Crippen molar-refractivity contribution in [2.45, 2.75) is 24.8 Å². The van der Waals surface area contributed by atoms with Crippen molar-refractivity contribution in [2.24, 2.45) is 0 Å². The molecule has 0 amide bonds. The molecule has 0 saturated carbocycles. The lowest BCUT2D eigenvalue weighted by molar-refractivity contribution is -0.388. The molecule has 1 N–H and O–H groups in total. The molecule has 1 rings (SSSR count). The van der Waals surface area contributed by atoms with Crippen LogP contribution in [0.25, 0.3) is 0 Å². The lowest BCUT2D eigenvalue weighted by Crippen LogP contribution is -2.37. The number of sulfonamides is 1. The van der Waals surface area contributed by atoms with Gasteiger partial charge in [-0.05, 0) is 26.0 Å². The van der Waals surface area contributed by atoms with Gasteiger partial charge >= 0.3 is 0 Å². The molecule has 0 aliphatic carbocycles. The summed E-state index contributed by atoms with van der Waals surface area (Å²) in [5.41, 5.74) is -0.886. The number of benzene rings is 1. The molecule has 1 atom stereocenters. The maximum atomic E-state index is 12.9. The van der Waals surface area contributed by atoms with Crippen molar-refractivity contribution in [1.29, 1.82) is 0 Å². The van der Waals surface area contributed by atoms with Gasteiger partial charge in [0.2, 0.25) is 10.0 Å². The van der Waals surface area contributed by atoms with E-state index in [1.807, 2.05) is 4.72 Å². The first kappa shape index (κ1) is 15.2. The Morgan fingerprint density at radius 2 is 2.05 bits per heavy atom. The van der Waals surface area contributed by atoms with Gasteiger partial charge in [-0.1, -0.05) is 0 Å². The highest BCUT2D eigenvalue weighted by Crippen LogP contribution is 2.24. The van der Waals surface area contributed by atoms with Crippen LogP contribution in [0.15, 0.2) is 23.1 Å². The van der Waals surface area contributed by atoms with E-state index in [0.29, 0.717) is 6.07 Å². The van der Waals surface area contributed by atoms with Crippen LogP contribution in [0.3, 0.4) is 0 Å². The summed E-state index contributed by atoms with van der Waals surface area (Å²) in [6, 6.07) is 1.05. The molecule has 9 heteroatoms. The highest BCUT2D eigenvalue weighted by Gasteiger charge is 2.28. The fraction of sp³-hybridized carbons (Fsp3) is 0.300. The zero-order valence-corrected chi connectivity index (χ0v) is 10.9. The van der Waals surface area contributed by atoms with Gasteiger partial charge in [0.25, 0.3) is 5.69 Å². The second-order valence-corrected chi connectivity index (χ2v) is 5.51. The maximum absolute atomic E-state index is 12.9. The summed E-state index contributed by atoms with van der Waals surface area (Å²) in [5, 5.41) is 10.7. The van der Waals surface area contributed by atoms with Crippen LogP contribution >= 0.6 is 0 Å². The quantitative estimate of drug-likeness (QED) is 0.643. The predicted molar refractivity (Wildman–Crippen MR) is 63.5 cm³/mol. The number of ketones is 1. The van der Waals surface area contributed by atoms with E-state index in [1.54, 1.807) is 0 Å². The van der Waals surface area contributed by atoms with Crippen molar-refractivity contribution in [3.8, 4) is 0 Å². The average Bonchev–Trinajstić information content (AvgIpc) is 2.27. The smallest absolute Gasteiger partial charge is 0.292 e. The Bertz CT molecular complexity index is 629. The number of Topliss-reactive ketones (excluding diaryl/α,β-unsaturated/α-hetero) is 1. The Labute approximate surface area is 108 Å². The summed E-state index contributed by atoms with van der Waals surface area (Å²) in [5.74, 6) is -1.38. The van der Waals surface area contributed by atoms with Gasteiger partial charge in [-0.3, -0.25) is 14.9 Å². The molecule has 0 saturated heterocycles. The zero-order chi connectivity index (χ0) is 14.8. The fourth-order valence-corrected chi connectivity index (χ4v) is 2.65. The number of hydrogen-bond donors (Lipinski definition) is 1. The standard InChI is InChI=1S/C10H11FN2O5S/c1-6(7(2)14)12-19(17,18)10-4-3-8(11)5-9(10)13(15)16/h3-6,12H,1-2H3. The third-order valence-electron chi connectivity index (χ3n) is 2.35. The Kier molecular flexibility index (Phi) is 4.32. The lowest BCUT2D eigenvalue weighted by atomic mass is 10.3. The van der Waals surface area contributed by atoms with Gasteiger partial charge < -0.3 is 0 Å². The summed E-state index contributed by atoms with van der Waals surface area (Å²) >= 11 is 0. The van der Waals surface area contributed by atoms with E-state index >= 15 is 0 Å². The zero-order valence-electron chi connectivity index (χ0n) is 10.1. The first-order valence-corrected chi connectivity index (χ1v) is 6.60. The van der Waals surface area contributed by atoms with E-state index in [1.165, 1.54) is 13.8 Å². The minimum atomic E-state index is -4.28. The molecular formula is C10H11FN2O5S. The normalized spacial score (nSPS) is 13.0. The van der Waals surface area contributed by atoms with Gasteiger partial charge in [0.05, 0.1) is 17.0 Å². The third kappa shape index (κ3) is 3.55. The lowest BCUT2D eigenvalue weighted by Gasteiger charge is -2.11. The van der Waals surface area contributed by atoms with Crippen LogP contribution < -0.4 is 4.72 Å². The van der Waals surface area contributed by atoms with Crippen LogP contribution in [-0.4, -0.2) is 25.2 Å². The highest BCUT2D eigenvalue weighted by atomic mass is 32.2. The number of nitrogens with one attached hydrogen (secondary N) is 1. The first-order valence-electron chi connectivity index (χ1n) is 5.12. The number of halogens is 1. The van der Waals surface area contributed by atoms with Crippen molar-refractivity contribution < 1.29 is 22.5 Å². The van der Waals surface area contributed by atoms with Crippen LogP contribution in [0.5, 0.6) is 0 Å². The number of nitrogens with zero attached hydrogens (tertiary/aromatic N) is 1. The van der Waals surface area contributed by atoms with Crippen molar-refractivity contribution in [2.75, 3.05) is 0 Å². The van der Waals surface area contributed by atoms with Crippen LogP contribution in [0.1, 0.15) is 13.8 Å². The Morgan fingerprint density at radius 1 is 1.47 bits per heavy atom. The van der Waals surface area contributed by atoms with Gasteiger partial charge in [0.15, 0.2) is 4.90 Å². The van der Waals surface area contributed by atoms with Gasteiger partial charge in [-0.15, -0.1) is 0 Å². The summed E-state index contributed by atoms with van der Waals surface area (Å²) in [4.78, 5) is 20.0. The predicted octanol–water partition coefficient (Wildman–Crippen LogP) is 0.990. The molecule has 0 aromatic heterocycles. The molecule has 1 unspecified atom stereocenters. The van der Waals surface area contributed by atoms with Crippen molar-refractivity contribution in [1.82, 2.24) is 4.72 Å². The molecule has 0 aliphatic rings. The van der Waals surface area contributed by atoms with E-state index in [4.69, 9.17) is 0 Å². The second kappa shape index (κ2) is 5.41. The Balaban J connectivity index is 3.29. The molecule has 1 aromatic carbocycles. The van der Waals surface area contributed by atoms with Gasteiger partial charge in [-0.2, -0.15) is 0 Å². The minimum absolute atomic E-state index is 0.451. The molecule has 0 heterocycles. The molecular weight excluding hydrogens is 279 g/mol. The van der Waals surface area contributed by atoms with Crippen molar-refractivity contribution in [3.05, 3.63) is 34.1 Å². The monoisotopic (exact) mass is 290 g/mol. The summed E-state index contributed by atoms with van der Waals surface area (Å²) < 4.78 is 38.7. The van der Waals surface area contributed by atoms with E-state index in [2.05, 4.69) is 0 Å². The molecule has 0 spiro atoms. The van der Waals surface area contributed by atoms with Gasteiger partial charge in [0.1, 0.15) is 11.6 Å². The van der Waals surface area contributed by atoms with E-state index in [9.17, 15) is 27.7 Å². The van der Waals surface area contributed by atoms with Crippen LogP contribution in [0, 0.1) is 15.9 Å². The SMILES string of the molecule is CC(=O)C(C)NS(=O)(=O)c1ccc(F)cc1[N+](=O)[O-]. The molecule has 19 heavy (non-hydrogen) atoms. The molecule has 0 radical (unpaired) electrons. The van der Waals surface area contributed by atoms with Gasteiger partial charge in [0, 0.05) is 0 Å². The Morgan fingerprint density at radius 3 is 2.53 bits per heavy atom. The number of hydrogen-bond acceptors (Lipinski definition) is 5. The maximum Gasteiger partial charge on any atom is 0.292 e. The number of carbonyl (C=O) groups excluding carboxylic acids is 1. The van der Waals surface area contributed by atoms with E-state index in [0.717, 1.165) is 12.1 Å².